The number of benzene rings is 1. The number of hydrogen-bond acceptors (Lipinski definition) is 5. The van der Waals surface area contributed by atoms with Crippen molar-refractivity contribution in [1.29, 1.82) is 0 Å². The number of phenolic OH excluding ortho intramolecular Hbond substituents is 1. The van der Waals surface area contributed by atoms with Crippen LogP contribution < -0.4 is 10.6 Å². The molecule has 1 aliphatic rings. The molecule has 0 spiro atoms. The summed E-state index contributed by atoms with van der Waals surface area (Å²) in [5.74, 6) is 0.996. The van der Waals surface area contributed by atoms with Crippen molar-refractivity contribution in [2.75, 3.05) is 5.32 Å². The van der Waals surface area contributed by atoms with Gasteiger partial charge in [-0.2, -0.15) is 13.2 Å². The zero-order valence-corrected chi connectivity index (χ0v) is 16.0. The second-order valence-corrected chi connectivity index (χ2v) is 7.00. The molecule has 2 aromatic rings. The van der Waals surface area contributed by atoms with Gasteiger partial charge in [0.15, 0.2) is 11.7 Å². The molecule has 0 saturated carbocycles. The summed E-state index contributed by atoms with van der Waals surface area (Å²) in [6.07, 6.45) is -4.58. The van der Waals surface area contributed by atoms with E-state index in [0.717, 1.165) is 30.4 Å². The van der Waals surface area contributed by atoms with Crippen LogP contribution in [0.5, 0.6) is 5.75 Å². The molecule has 2 heterocycles. The Kier molecular flexibility index (Phi) is 5.20. The van der Waals surface area contributed by atoms with Gasteiger partial charge < -0.3 is 20.2 Å². The highest BCUT2D eigenvalue weighted by Gasteiger charge is 2.34. The average Bonchev–Trinajstić information content (AvgIpc) is 3.10. The highest BCUT2D eigenvalue weighted by molar-refractivity contribution is 7.83. The van der Waals surface area contributed by atoms with Crippen LogP contribution in [0.1, 0.15) is 28.2 Å². The summed E-state index contributed by atoms with van der Waals surface area (Å²) in [4.78, 5) is 0. The Morgan fingerprint density at radius 2 is 1.86 bits per heavy atom. The summed E-state index contributed by atoms with van der Waals surface area (Å²) in [5.41, 5.74) is -0.304. The number of nitrogens with one attached hydrogen (secondary N) is 2. The largest absolute Gasteiger partial charge is 0.505 e. The fourth-order valence-corrected chi connectivity index (χ4v) is 3.24. The summed E-state index contributed by atoms with van der Waals surface area (Å²) in [6, 6.07) is 3.76. The van der Waals surface area contributed by atoms with E-state index in [1.54, 1.807) is 0 Å². The molecule has 28 heavy (non-hydrogen) atoms. The van der Waals surface area contributed by atoms with Crippen LogP contribution in [0.25, 0.3) is 0 Å². The lowest BCUT2D eigenvalue weighted by atomic mass is 10.1. The Labute approximate surface area is 161 Å². The van der Waals surface area contributed by atoms with Crippen LogP contribution in [0.3, 0.4) is 0 Å². The van der Waals surface area contributed by atoms with Gasteiger partial charge in [-0.3, -0.25) is 0 Å². The summed E-state index contributed by atoms with van der Waals surface area (Å²) < 4.78 is 63.6. The van der Waals surface area contributed by atoms with Gasteiger partial charge in [-0.15, -0.1) is 8.80 Å². The molecule has 7 nitrogen and oxygen atoms in total. The van der Waals surface area contributed by atoms with E-state index in [1.807, 2.05) is 19.9 Å². The van der Waals surface area contributed by atoms with Crippen LogP contribution >= 0.6 is 0 Å². The number of amidine groups is 2. The number of phenols is 1. The highest BCUT2D eigenvalue weighted by atomic mass is 32.2. The maximum absolute atomic E-state index is 12.9. The minimum absolute atomic E-state index is 0.0117. The van der Waals surface area contributed by atoms with Crippen molar-refractivity contribution in [3.63, 3.8) is 0 Å². The molecule has 0 bridgehead atoms. The van der Waals surface area contributed by atoms with Crippen molar-refractivity contribution in [1.82, 2.24) is 5.32 Å². The van der Waals surface area contributed by atoms with Crippen molar-refractivity contribution >= 4 is 28.5 Å². The molecule has 3 rings (SSSR count). The molecule has 150 valence electrons. The predicted octanol–water partition coefficient (Wildman–Crippen LogP) is 3.52. The first-order valence-corrected chi connectivity index (χ1v) is 9.19. The molecular formula is C17H17F3N4O3S. The van der Waals surface area contributed by atoms with Crippen LogP contribution in [0.4, 0.5) is 18.9 Å². The number of anilines is 1. The monoisotopic (exact) mass is 414 g/mol. The first kappa shape index (κ1) is 19.9. The Morgan fingerprint density at radius 3 is 2.46 bits per heavy atom. The molecule has 1 atom stereocenters. The van der Waals surface area contributed by atoms with E-state index in [9.17, 15) is 22.5 Å². The molecule has 1 aromatic heterocycles. The number of aromatic hydroxyl groups is 1. The number of halogens is 3. The molecule has 0 fully saturated rings. The first-order chi connectivity index (χ1) is 13.1. The van der Waals surface area contributed by atoms with Gasteiger partial charge in [0.2, 0.25) is 0 Å². The highest BCUT2D eigenvalue weighted by Crippen LogP contribution is 2.38. The van der Waals surface area contributed by atoms with Crippen molar-refractivity contribution in [2.45, 2.75) is 33.5 Å². The Hall–Kier alpha value is -2.82. The molecule has 0 amide bonds. The maximum atomic E-state index is 12.9. The Bertz CT molecular complexity index is 992. The lowest BCUT2D eigenvalue weighted by molar-refractivity contribution is -0.138. The molecule has 0 radical (unpaired) electrons. The van der Waals surface area contributed by atoms with Crippen molar-refractivity contribution in [3.05, 3.63) is 46.4 Å². The van der Waals surface area contributed by atoms with E-state index >= 15 is 0 Å². The smallest absolute Gasteiger partial charge is 0.416 e. The van der Waals surface area contributed by atoms with Crippen molar-refractivity contribution in [2.24, 2.45) is 8.80 Å². The van der Waals surface area contributed by atoms with E-state index in [-0.39, 0.29) is 29.5 Å². The second kappa shape index (κ2) is 7.30. The van der Waals surface area contributed by atoms with Gasteiger partial charge in [-0.05, 0) is 44.5 Å². The topological polar surface area (TPSA) is 99.2 Å². The summed E-state index contributed by atoms with van der Waals surface area (Å²) in [5, 5.41) is 15.7. The second-order valence-electron chi connectivity index (χ2n) is 6.17. The number of aryl methyl sites for hydroxylation is 2. The summed E-state index contributed by atoms with van der Waals surface area (Å²) >= 11 is -1.89. The fraction of sp³-hybridized carbons (Fsp3) is 0.294. The van der Waals surface area contributed by atoms with E-state index in [4.69, 9.17) is 4.42 Å². The zero-order valence-electron chi connectivity index (χ0n) is 15.1. The minimum atomic E-state index is -4.58. The molecule has 1 unspecified atom stereocenters. The predicted molar refractivity (Wildman–Crippen MR) is 99.5 cm³/mol. The number of hydrogen-bond donors (Lipinski definition) is 3. The minimum Gasteiger partial charge on any atom is -0.505 e. The van der Waals surface area contributed by atoms with Gasteiger partial charge in [0.05, 0.1) is 17.8 Å². The van der Waals surface area contributed by atoms with Gasteiger partial charge in [0.1, 0.15) is 17.3 Å². The van der Waals surface area contributed by atoms with Crippen LogP contribution in [-0.2, 0) is 23.9 Å². The van der Waals surface area contributed by atoms with Crippen LogP contribution in [0, 0.1) is 20.8 Å². The quantitative estimate of drug-likeness (QED) is 0.668. The number of nitrogens with zero attached hydrogens (tertiary/aromatic N) is 2. The Balaban J connectivity index is 1.78. The van der Waals surface area contributed by atoms with E-state index in [1.165, 1.54) is 0 Å². The van der Waals surface area contributed by atoms with Crippen LogP contribution in [-0.4, -0.2) is 21.0 Å². The standard InChI is InChI=1S/C17H17F3N4O3S/c1-8-6-11(27-10(8)3)7-21-15-16(24-28(26)23-15)22-13-5-4-12(17(18,19)20)9(2)14(13)25/h4-6,25H,7H2,1-3H3,(H,21,23)(H,22,24). The van der Waals surface area contributed by atoms with E-state index in [0.29, 0.717) is 5.76 Å². The molecule has 0 aliphatic carbocycles. The third-order valence-electron chi connectivity index (χ3n) is 4.20. The average molecular weight is 414 g/mol. The Morgan fingerprint density at radius 1 is 1.18 bits per heavy atom. The lowest BCUT2D eigenvalue weighted by Crippen LogP contribution is -2.33. The van der Waals surface area contributed by atoms with Gasteiger partial charge in [0, 0.05) is 5.56 Å². The fourth-order valence-electron chi connectivity index (χ4n) is 2.60. The number of alkyl halides is 3. The van der Waals surface area contributed by atoms with E-state index < -0.39 is 28.7 Å². The van der Waals surface area contributed by atoms with Gasteiger partial charge in [-0.1, -0.05) is 0 Å². The summed E-state index contributed by atoms with van der Waals surface area (Å²) in [6.45, 7) is 5.12. The van der Waals surface area contributed by atoms with Gasteiger partial charge in [-0.25, -0.2) is 4.21 Å². The number of rotatable bonds is 3. The third kappa shape index (κ3) is 4.03. The molecule has 1 aliphatic heterocycles. The van der Waals surface area contributed by atoms with Crippen molar-refractivity contribution in [3.8, 4) is 5.75 Å². The van der Waals surface area contributed by atoms with Crippen LogP contribution in [0.15, 0.2) is 31.4 Å². The molecule has 1 aromatic carbocycles. The normalized spacial score (nSPS) is 16.7. The first-order valence-electron chi connectivity index (χ1n) is 8.12. The summed E-state index contributed by atoms with van der Waals surface area (Å²) in [7, 11) is 0. The lowest BCUT2D eigenvalue weighted by Gasteiger charge is -2.15. The molecule has 0 saturated heterocycles. The van der Waals surface area contributed by atoms with E-state index in [2.05, 4.69) is 19.4 Å². The third-order valence-corrected chi connectivity index (χ3v) is 4.88. The van der Waals surface area contributed by atoms with Gasteiger partial charge >= 0.3 is 6.18 Å². The molecular weight excluding hydrogens is 397 g/mol. The molecule has 11 heteroatoms. The van der Waals surface area contributed by atoms with Crippen LogP contribution in [0.2, 0.25) is 0 Å². The molecule has 3 N–H and O–H groups in total. The van der Waals surface area contributed by atoms with Gasteiger partial charge in [0.25, 0.3) is 11.2 Å². The SMILES string of the molecule is Cc1cc(CNC2=NS(=O)N=C2Nc2ccc(C(F)(F)F)c(C)c2O)oc1C. The van der Waals surface area contributed by atoms with Crippen molar-refractivity contribution < 1.29 is 26.9 Å². The number of furan rings is 1. The maximum Gasteiger partial charge on any atom is 0.416 e. The zero-order chi connectivity index (χ0) is 20.6.